The van der Waals surface area contributed by atoms with E-state index in [-0.39, 0.29) is 18.3 Å². The molecular weight excluding hydrogens is 330 g/mol. The number of carbonyl (C=O) groups excluding carboxylic acids is 3. The summed E-state index contributed by atoms with van der Waals surface area (Å²) in [5.74, 6) is -1.02. The molecule has 0 saturated heterocycles. The summed E-state index contributed by atoms with van der Waals surface area (Å²) in [6.45, 7) is 3.42. The Labute approximate surface area is 143 Å². The molecule has 0 aliphatic heterocycles. The van der Waals surface area contributed by atoms with Crippen molar-refractivity contribution < 1.29 is 19.1 Å². The molecule has 8 heteroatoms. The Bertz CT molecular complexity index is 757. The van der Waals surface area contributed by atoms with Crippen LogP contribution in [0.15, 0.2) is 29.6 Å². The van der Waals surface area contributed by atoms with Crippen LogP contribution in [0.2, 0.25) is 0 Å². The molecule has 0 atom stereocenters. The molecule has 0 unspecified atom stereocenters. The standard InChI is InChI=1S/C16H17N3O4S/c1-3-23-14(21)8-11-9-24-16(18-11)19-15(22)12-6-4-5-7-13(12)17-10(2)20/h4-7,9H,3,8H2,1-2H3,(H,17,20)(H,18,19,22). The van der Waals surface area contributed by atoms with Crippen LogP contribution in [0.25, 0.3) is 0 Å². The number of carbonyl (C=O) groups is 3. The fourth-order valence-electron chi connectivity index (χ4n) is 1.95. The lowest BCUT2D eigenvalue weighted by atomic mass is 10.1. The van der Waals surface area contributed by atoms with Crippen molar-refractivity contribution in [1.29, 1.82) is 0 Å². The molecule has 2 amide bonds. The van der Waals surface area contributed by atoms with E-state index in [0.717, 1.165) is 0 Å². The first-order valence-electron chi connectivity index (χ1n) is 7.27. The number of ether oxygens (including phenoxy) is 1. The number of aromatic nitrogens is 1. The quantitative estimate of drug-likeness (QED) is 0.782. The van der Waals surface area contributed by atoms with Crippen LogP contribution >= 0.6 is 11.3 Å². The van der Waals surface area contributed by atoms with Gasteiger partial charge >= 0.3 is 5.97 Å². The number of hydrogen-bond acceptors (Lipinski definition) is 6. The highest BCUT2D eigenvalue weighted by atomic mass is 32.1. The number of nitrogens with one attached hydrogen (secondary N) is 2. The third kappa shape index (κ3) is 4.88. The van der Waals surface area contributed by atoms with Crippen molar-refractivity contribution in [3.8, 4) is 0 Å². The second-order valence-corrected chi connectivity index (χ2v) is 5.66. The van der Waals surface area contributed by atoms with Crippen LogP contribution in [0.3, 0.4) is 0 Å². The highest BCUT2D eigenvalue weighted by molar-refractivity contribution is 7.14. The van der Waals surface area contributed by atoms with Gasteiger partial charge in [-0.3, -0.25) is 19.7 Å². The number of thiazole rings is 1. The van der Waals surface area contributed by atoms with Gasteiger partial charge in [-0.25, -0.2) is 4.98 Å². The second-order valence-electron chi connectivity index (χ2n) is 4.81. The minimum atomic E-state index is -0.392. The fraction of sp³-hybridized carbons (Fsp3) is 0.250. The van der Waals surface area contributed by atoms with Crippen LogP contribution < -0.4 is 10.6 Å². The van der Waals surface area contributed by atoms with Crippen LogP contribution in [-0.2, 0) is 20.7 Å². The van der Waals surface area contributed by atoms with Gasteiger partial charge in [0.2, 0.25) is 5.91 Å². The average Bonchev–Trinajstić information content (AvgIpc) is 2.94. The molecule has 0 bridgehead atoms. The molecule has 0 radical (unpaired) electrons. The number of para-hydroxylation sites is 1. The van der Waals surface area contributed by atoms with Crippen LogP contribution in [0.5, 0.6) is 0 Å². The summed E-state index contributed by atoms with van der Waals surface area (Å²) in [6.07, 6.45) is 0.0582. The molecule has 0 fully saturated rings. The number of hydrogen-bond donors (Lipinski definition) is 2. The highest BCUT2D eigenvalue weighted by Crippen LogP contribution is 2.20. The van der Waals surface area contributed by atoms with Crippen LogP contribution in [0.4, 0.5) is 10.8 Å². The van der Waals surface area contributed by atoms with Crippen molar-refractivity contribution in [2.24, 2.45) is 0 Å². The molecule has 0 spiro atoms. The molecule has 0 aliphatic rings. The summed E-state index contributed by atoms with van der Waals surface area (Å²) in [6, 6.07) is 6.68. The average molecular weight is 347 g/mol. The molecule has 1 aromatic carbocycles. The summed E-state index contributed by atoms with van der Waals surface area (Å²) in [5, 5.41) is 7.33. The van der Waals surface area contributed by atoms with E-state index in [9.17, 15) is 14.4 Å². The van der Waals surface area contributed by atoms with Gasteiger partial charge in [0.25, 0.3) is 5.91 Å². The number of nitrogens with zero attached hydrogens (tertiary/aromatic N) is 1. The molecule has 126 valence electrons. The molecule has 24 heavy (non-hydrogen) atoms. The Kier molecular flexibility index (Phi) is 6.02. The smallest absolute Gasteiger partial charge is 0.311 e. The molecule has 1 aromatic heterocycles. The van der Waals surface area contributed by atoms with Gasteiger partial charge in [0, 0.05) is 12.3 Å². The summed E-state index contributed by atoms with van der Waals surface area (Å²) in [4.78, 5) is 39.2. The zero-order valence-electron chi connectivity index (χ0n) is 13.3. The first kappa shape index (κ1) is 17.6. The van der Waals surface area contributed by atoms with Gasteiger partial charge in [0.1, 0.15) is 0 Å². The summed E-state index contributed by atoms with van der Waals surface area (Å²) < 4.78 is 4.86. The Hall–Kier alpha value is -2.74. The van der Waals surface area contributed by atoms with Crippen LogP contribution in [0, 0.1) is 0 Å². The van der Waals surface area contributed by atoms with Gasteiger partial charge in [-0.1, -0.05) is 12.1 Å². The third-order valence-electron chi connectivity index (χ3n) is 2.89. The molecule has 7 nitrogen and oxygen atoms in total. The van der Waals surface area contributed by atoms with E-state index in [2.05, 4.69) is 15.6 Å². The van der Waals surface area contributed by atoms with Gasteiger partial charge in [-0.15, -0.1) is 11.3 Å². The van der Waals surface area contributed by atoms with Crippen LogP contribution in [-0.4, -0.2) is 29.4 Å². The predicted molar refractivity (Wildman–Crippen MR) is 91.1 cm³/mol. The van der Waals surface area contributed by atoms with Crippen molar-refractivity contribution in [3.63, 3.8) is 0 Å². The van der Waals surface area contributed by atoms with E-state index in [4.69, 9.17) is 4.74 Å². The zero-order valence-corrected chi connectivity index (χ0v) is 14.1. The van der Waals surface area contributed by atoms with Gasteiger partial charge in [-0.05, 0) is 19.1 Å². The summed E-state index contributed by atoms with van der Waals surface area (Å²) >= 11 is 1.21. The van der Waals surface area contributed by atoms with Crippen molar-refractivity contribution in [2.45, 2.75) is 20.3 Å². The van der Waals surface area contributed by atoms with Crippen molar-refractivity contribution in [1.82, 2.24) is 4.98 Å². The summed E-state index contributed by atoms with van der Waals surface area (Å²) in [5.41, 5.74) is 1.28. The highest BCUT2D eigenvalue weighted by Gasteiger charge is 2.14. The Morgan fingerprint density at radius 2 is 1.96 bits per heavy atom. The first-order valence-corrected chi connectivity index (χ1v) is 8.15. The largest absolute Gasteiger partial charge is 0.466 e. The third-order valence-corrected chi connectivity index (χ3v) is 3.69. The number of benzene rings is 1. The Morgan fingerprint density at radius 1 is 1.21 bits per heavy atom. The molecule has 1 heterocycles. The number of anilines is 2. The fourth-order valence-corrected chi connectivity index (χ4v) is 2.65. The predicted octanol–water partition coefficient (Wildman–Crippen LogP) is 2.46. The number of rotatable bonds is 6. The number of esters is 1. The minimum absolute atomic E-state index is 0.0582. The molecule has 0 saturated carbocycles. The second kappa shape index (κ2) is 8.21. The minimum Gasteiger partial charge on any atom is -0.466 e. The maximum atomic E-state index is 12.4. The molecular formula is C16H17N3O4S. The van der Waals surface area contributed by atoms with E-state index in [1.54, 1.807) is 36.6 Å². The van der Waals surface area contributed by atoms with E-state index >= 15 is 0 Å². The Morgan fingerprint density at radius 3 is 2.67 bits per heavy atom. The van der Waals surface area contributed by atoms with Crippen LogP contribution in [0.1, 0.15) is 29.9 Å². The Balaban J connectivity index is 2.07. The molecule has 2 rings (SSSR count). The van der Waals surface area contributed by atoms with E-state index in [1.807, 2.05) is 0 Å². The van der Waals surface area contributed by atoms with Gasteiger partial charge in [0.15, 0.2) is 5.13 Å². The lowest BCUT2D eigenvalue weighted by Crippen LogP contribution is -2.16. The summed E-state index contributed by atoms with van der Waals surface area (Å²) in [7, 11) is 0. The topological polar surface area (TPSA) is 97.4 Å². The lowest BCUT2D eigenvalue weighted by Gasteiger charge is -2.08. The van der Waals surface area contributed by atoms with E-state index < -0.39 is 5.91 Å². The van der Waals surface area contributed by atoms with Crippen molar-refractivity contribution >= 4 is 39.9 Å². The maximum absolute atomic E-state index is 12.4. The normalized spacial score (nSPS) is 10.1. The van der Waals surface area contributed by atoms with Gasteiger partial charge in [-0.2, -0.15) is 0 Å². The number of amides is 2. The molecule has 2 aromatic rings. The van der Waals surface area contributed by atoms with Gasteiger partial charge in [0.05, 0.1) is 30.0 Å². The zero-order chi connectivity index (χ0) is 17.5. The lowest BCUT2D eigenvalue weighted by molar-refractivity contribution is -0.142. The maximum Gasteiger partial charge on any atom is 0.311 e. The SMILES string of the molecule is CCOC(=O)Cc1csc(NC(=O)c2ccccc2NC(C)=O)n1. The van der Waals surface area contributed by atoms with Crippen molar-refractivity contribution in [2.75, 3.05) is 17.2 Å². The monoisotopic (exact) mass is 347 g/mol. The first-order chi connectivity index (χ1) is 11.5. The van der Waals surface area contributed by atoms with Gasteiger partial charge < -0.3 is 10.1 Å². The molecule has 2 N–H and O–H groups in total. The molecule has 0 aliphatic carbocycles. The van der Waals surface area contributed by atoms with E-state index in [1.165, 1.54) is 18.3 Å². The van der Waals surface area contributed by atoms with E-state index in [0.29, 0.717) is 28.7 Å². The van der Waals surface area contributed by atoms with Crippen molar-refractivity contribution in [3.05, 3.63) is 40.9 Å².